The second kappa shape index (κ2) is 4.61. The van der Waals surface area contributed by atoms with Crippen molar-refractivity contribution in [2.45, 2.75) is 38.7 Å². The fourth-order valence-corrected chi connectivity index (χ4v) is 2.00. The van der Waals surface area contributed by atoms with Crippen molar-refractivity contribution in [3.63, 3.8) is 0 Å². The molecule has 0 saturated heterocycles. The zero-order valence-corrected chi connectivity index (χ0v) is 8.34. The van der Waals surface area contributed by atoms with Gasteiger partial charge in [0.2, 0.25) is 5.24 Å². The van der Waals surface area contributed by atoms with Crippen LogP contribution in [0.3, 0.4) is 0 Å². The van der Waals surface area contributed by atoms with Gasteiger partial charge in [0.1, 0.15) is 6.10 Å². The first-order chi connectivity index (χ1) is 6.08. The normalized spacial score (nSPS) is 27.2. The maximum Gasteiger partial charge on any atom is 0.302 e. The highest BCUT2D eigenvalue weighted by Crippen LogP contribution is 2.30. The predicted octanol–water partition coefficient (Wildman–Crippen LogP) is 1.87. The van der Waals surface area contributed by atoms with E-state index in [9.17, 15) is 9.59 Å². The summed E-state index contributed by atoms with van der Waals surface area (Å²) in [6.45, 7) is 1.40. The highest BCUT2D eigenvalue weighted by atomic mass is 35.5. The molecule has 0 unspecified atom stereocenters. The maximum atomic E-state index is 10.6. The number of halogens is 1. The van der Waals surface area contributed by atoms with E-state index in [-0.39, 0.29) is 17.3 Å². The molecular weight excluding hydrogens is 192 g/mol. The molecule has 0 bridgehead atoms. The lowest BCUT2D eigenvalue weighted by atomic mass is 10.1. The highest BCUT2D eigenvalue weighted by Gasteiger charge is 2.27. The third kappa shape index (κ3) is 3.77. The molecule has 0 N–H and O–H groups in total. The molecule has 4 heteroatoms. The Hall–Kier alpha value is -0.570. The minimum absolute atomic E-state index is 0.00137. The lowest BCUT2D eigenvalue weighted by Gasteiger charge is -2.09. The van der Waals surface area contributed by atoms with Crippen LogP contribution in [0.1, 0.15) is 32.6 Å². The van der Waals surface area contributed by atoms with Crippen LogP contribution in [-0.2, 0) is 14.3 Å². The van der Waals surface area contributed by atoms with Crippen LogP contribution in [0, 0.1) is 5.92 Å². The first-order valence-corrected chi connectivity index (χ1v) is 4.81. The third-order valence-corrected chi connectivity index (χ3v) is 2.43. The molecule has 1 rings (SSSR count). The van der Waals surface area contributed by atoms with E-state index in [1.54, 1.807) is 0 Å². The van der Waals surface area contributed by atoms with Crippen molar-refractivity contribution in [2.24, 2.45) is 5.92 Å². The quantitative estimate of drug-likeness (QED) is 0.521. The second-order valence-electron chi connectivity index (χ2n) is 3.47. The summed E-state index contributed by atoms with van der Waals surface area (Å²) in [7, 11) is 0. The molecule has 74 valence electrons. The van der Waals surface area contributed by atoms with Crippen LogP contribution in [0.4, 0.5) is 0 Å². The van der Waals surface area contributed by atoms with E-state index < -0.39 is 0 Å². The molecule has 0 aromatic rings. The van der Waals surface area contributed by atoms with Crippen LogP contribution in [-0.4, -0.2) is 17.3 Å². The summed E-state index contributed by atoms with van der Waals surface area (Å²) in [5, 5.41) is -0.298. The van der Waals surface area contributed by atoms with Gasteiger partial charge in [-0.2, -0.15) is 0 Å². The Balaban J connectivity index is 2.27. The molecule has 0 radical (unpaired) electrons. The molecule has 0 heterocycles. The standard InChI is InChI=1S/C9H13ClO3/c1-6(11)13-8-3-2-7(4-8)5-9(10)12/h7-8H,2-5H2,1H3/t7-,8+/m1/s1. The van der Waals surface area contributed by atoms with Crippen LogP contribution < -0.4 is 0 Å². The fraction of sp³-hybridized carbons (Fsp3) is 0.778. The Morgan fingerprint density at radius 1 is 1.46 bits per heavy atom. The molecule has 1 fully saturated rings. The van der Waals surface area contributed by atoms with Crippen LogP contribution in [0.25, 0.3) is 0 Å². The summed E-state index contributed by atoms with van der Waals surface area (Å²) in [5.41, 5.74) is 0. The van der Waals surface area contributed by atoms with Gasteiger partial charge in [-0.1, -0.05) is 0 Å². The van der Waals surface area contributed by atoms with Gasteiger partial charge < -0.3 is 4.74 Å². The fourth-order valence-electron chi connectivity index (χ4n) is 1.78. The van der Waals surface area contributed by atoms with Gasteiger partial charge in [-0.25, -0.2) is 0 Å². The van der Waals surface area contributed by atoms with Gasteiger partial charge in [-0.15, -0.1) is 0 Å². The zero-order valence-electron chi connectivity index (χ0n) is 7.59. The highest BCUT2D eigenvalue weighted by molar-refractivity contribution is 6.63. The minimum atomic E-state index is -0.298. The van der Waals surface area contributed by atoms with E-state index in [2.05, 4.69) is 0 Å². The Morgan fingerprint density at radius 2 is 2.15 bits per heavy atom. The predicted molar refractivity (Wildman–Crippen MR) is 48.4 cm³/mol. The van der Waals surface area contributed by atoms with E-state index in [1.807, 2.05) is 0 Å². The van der Waals surface area contributed by atoms with Gasteiger partial charge in [-0.05, 0) is 36.8 Å². The van der Waals surface area contributed by atoms with E-state index in [4.69, 9.17) is 16.3 Å². The van der Waals surface area contributed by atoms with Crippen molar-refractivity contribution >= 4 is 22.8 Å². The molecular formula is C9H13ClO3. The average Bonchev–Trinajstić information content (AvgIpc) is 2.33. The average molecular weight is 205 g/mol. The van der Waals surface area contributed by atoms with Crippen molar-refractivity contribution in [3.8, 4) is 0 Å². The number of carbonyl (C=O) groups excluding carboxylic acids is 2. The van der Waals surface area contributed by atoms with E-state index in [0.29, 0.717) is 12.3 Å². The summed E-state index contributed by atoms with van der Waals surface area (Å²) in [6, 6.07) is 0. The summed E-state index contributed by atoms with van der Waals surface area (Å²) < 4.78 is 5.03. The van der Waals surface area contributed by atoms with E-state index in [1.165, 1.54) is 6.92 Å². The number of rotatable bonds is 3. The third-order valence-electron chi connectivity index (χ3n) is 2.27. The molecule has 3 nitrogen and oxygen atoms in total. The van der Waals surface area contributed by atoms with E-state index in [0.717, 1.165) is 19.3 Å². The van der Waals surface area contributed by atoms with Gasteiger partial charge in [-0.3, -0.25) is 9.59 Å². The lowest BCUT2D eigenvalue weighted by Crippen LogP contribution is -2.12. The molecule has 0 aromatic carbocycles. The van der Waals surface area contributed by atoms with Crippen LogP contribution in [0.5, 0.6) is 0 Å². The Kier molecular flexibility index (Phi) is 3.72. The maximum absolute atomic E-state index is 10.6. The number of hydrogen-bond donors (Lipinski definition) is 0. The van der Waals surface area contributed by atoms with Crippen molar-refractivity contribution in [3.05, 3.63) is 0 Å². The Morgan fingerprint density at radius 3 is 2.69 bits per heavy atom. The van der Waals surface area contributed by atoms with Gasteiger partial charge in [0.05, 0.1) is 0 Å². The molecule has 1 saturated carbocycles. The lowest BCUT2D eigenvalue weighted by molar-refractivity contribution is -0.146. The molecule has 0 spiro atoms. The number of esters is 1. The van der Waals surface area contributed by atoms with E-state index >= 15 is 0 Å². The molecule has 0 amide bonds. The van der Waals surface area contributed by atoms with Crippen LogP contribution >= 0.6 is 11.6 Å². The Labute approximate surface area is 82.4 Å². The topological polar surface area (TPSA) is 43.4 Å². The van der Waals surface area contributed by atoms with Gasteiger partial charge >= 0.3 is 5.97 Å². The second-order valence-corrected chi connectivity index (χ2v) is 3.89. The zero-order chi connectivity index (χ0) is 9.84. The summed E-state index contributed by atoms with van der Waals surface area (Å²) >= 11 is 5.26. The van der Waals surface area contributed by atoms with Crippen LogP contribution in [0.15, 0.2) is 0 Å². The number of ether oxygens (including phenoxy) is 1. The minimum Gasteiger partial charge on any atom is -0.463 e. The van der Waals surface area contributed by atoms with Crippen LogP contribution in [0.2, 0.25) is 0 Å². The Bertz CT molecular complexity index is 193. The molecule has 0 aromatic heterocycles. The molecule has 0 aliphatic heterocycles. The summed E-state index contributed by atoms with van der Waals surface area (Å²) in [4.78, 5) is 21.2. The van der Waals surface area contributed by atoms with Crippen molar-refractivity contribution in [1.29, 1.82) is 0 Å². The van der Waals surface area contributed by atoms with Gasteiger partial charge in [0.15, 0.2) is 0 Å². The molecule has 2 atom stereocenters. The van der Waals surface area contributed by atoms with Gasteiger partial charge in [0.25, 0.3) is 0 Å². The van der Waals surface area contributed by atoms with Crippen molar-refractivity contribution in [1.82, 2.24) is 0 Å². The van der Waals surface area contributed by atoms with Crippen molar-refractivity contribution < 1.29 is 14.3 Å². The number of carbonyl (C=O) groups is 2. The smallest absolute Gasteiger partial charge is 0.302 e. The molecule has 1 aliphatic carbocycles. The first-order valence-electron chi connectivity index (χ1n) is 4.43. The SMILES string of the molecule is CC(=O)O[C@H]1CC[C@@H](CC(=O)Cl)C1. The molecule has 1 aliphatic rings. The first kappa shape index (κ1) is 10.5. The summed E-state index contributed by atoms with van der Waals surface area (Å²) in [5.74, 6) is 0.0530. The van der Waals surface area contributed by atoms with Gasteiger partial charge in [0, 0.05) is 13.3 Å². The number of hydrogen-bond acceptors (Lipinski definition) is 3. The van der Waals surface area contributed by atoms with Crippen molar-refractivity contribution in [2.75, 3.05) is 0 Å². The summed E-state index contributed by atoms with van der Waals surface area (Å²) in [6.07, 6.45) is 2.96. The molecule has 13 heavy (non-hydrogen) atoms. The largest absolute Gasteiger partial charge is 0.463 e. The monoisotopic (exact) mass is 204 g/mol.